The first-order valence-electron chi connectivity index (χ1n) is 7.19. The molecule has 114 valence electrons. The normalized spacial score (nSPS) is 12.4. The van der Waals surface area contributed by atoms with Gasteiger partial charge in [0.05, 0.1) is 19.4 Å². The molecule has 0 aliphatic heterocycles. The molecular weight excluding hydrogens is 330 g/mol. The molecule has 0 aliphatic rings. The lowest BCUT2D eigenvalue weighted by molar-refractivity contribution is 0.402. The summed E-state index contributed by atoms with van der Waals surface area (Å²) in [5.41, 5.74) is 4.68. The van der Waals surface area contributed by atoms with E-state index in [1.165, 1.54) is 16.7 Å². The average Bonchev–Trinajstić information content (AvgIpc) is 2.86. The Morgan fingerprint density at radius 3 is 2.67 bits per heavy atom. The Balaban J connectivity index is 2.54. The van der Waals surface area contributed by atoms with Crippen LogP contribution in [0, 0.1) is 13.8 Å². The lowest BCUT2D eigenvalue weighted by Gasteiger charge is -2.23. The van der Waals surface area contributed by atoms with Crippen molar-refractivity contribution in [3.05, 3.63) is 51.4 Å². The maximum Gasteiger partial charge on any atom is 0.174 e. The molecule has 1 N–H and O–H groups in total. The van der Waals surface area contributed by atoms with Gasteiger partial charge in [0, 0.05) is 11.1 Å². The Labute approximate surface area is 134 Å². The Morgan fingerprint density at radius 2 is 2.10 bits per heavy atom. The van der Waals surface area contributed by atoms with Crippen LogP contribution in [-0.4, -0.2) is 13.7 Å². The zero-order valence-corrected chi connectivity index (χ0v) is 14.6. The third kappa shape index (κ3) is 3.50. The van der Waals surface area contributed by atoms with Gasteiger partial charge in [0.25, 0.3) is 0 Å². The molecule has 1 aromatic carbocycles. The van der Waals surface area contributed by atoms with Crippen molar-refractivity contribution < 1.29 is 9.15 Å². The molecular formula is C17H22BrNO2. The van der Waals surface area contributed by atoms with Gasteiger partial charge >= 0.3 is 0 Å². The SMILES string of the molecule is CCCNC(c1ccoc1Br)c1c(C)cc(C)cc1OC. The second-order valence-corrected chi connectivity index (χ2v) is 5.95. The van der Waals surface area contributed by atoms with Crippen molar-refractivity contribution in [3.8, 4) is 5.75 Å². The minimum atomic E-state index is 0.0497. The van der Waals surface area contributed by atoms with E-state index in [9.17, 15) is 0 Å². The molecule has 1 atom stereocenters. The van der Waals surface area contributed by atoms with Crippen molar-refractivity contribution in [2.75, 3.05) is 13.7 Å². The molecule has 0 amide bonds. The Kier molecular flexibility index (Phi) is 5.48. The number of benzene rings is 1. The quantitative estimate of drug-likeness (QED) is 0.814. The molecule has 1 heterocycles. The molecule has 0 saturated heterocycles. The predicted octanol–water partition coefficient (Wildman–Crippen LogP) is 4.76. The first-order valence-corrected chi connectivity index (χ1v) is 7.99. The van der Waals surface area contributed by atoms with Crippen LogP contribution < -0.4 is 10.1 Å². The van der Waals surface area contributed by atoms with Gasteiger partial charge in [-0.05, 0) is 66.0 Å². The van der Waals surface area contributed by atoms with E-state index in [1.54, 1.807) is 13.4 Å². The van der Waals surface area contributed by atoms with Crippen molar-refractivity contribution >= 4 is 15.9 Å². The molecule has 0 fully saturated rings. The predicted molar refractivity (Wildman–Crippen MR) is 89.0 cm³/mol. The van der Waals surface area contributed by atoms with Gasteiger partial charge in [-0.2, -0.15) is 0 Å². The van der Waals surface area contributed by atoms with Gasteiger partial charge in [-0.1, -0.05) is 13.0 Å². The molecule has 0 spiro atoms. The van der Waals surface area contributed by atoms with E-state index in [1.807, 2.05) is 6.07 Å². The second kappa shape index (κ2) is 7.14. The fraction of sp³-hybridized carbons (Fsp3) is 0.412. The highest BCUT2D eigenvalue weighted by Gasteiger charge is 2.23. The summed E-state index contributed by atoms with van der Waals surface area (Å²) in [4.78, 5) is 0. The van der Waals surface area contributed by atoms with Crippen LogP contribution in [0.15, 0.2) is 33.5 Å². The van der Waals surface area contributed by atoms with E-state index < -0.39 is 0 Å². The van der Waals surface area contributed by atoms with Crippen molar-refractivity contribution in [1.29, 1.82) is 0 Å². The van der Waals surface area contributed by atoms with Crippen LogP contribution in [-0.2, 0) is 0 Å². The van der Waals surface area contributed by atoms with Crippen LogP contribution in [0.3, 0.4) is 0 Å². The standard InChI is InChI=1S/C17H22BrNO2/c1-5-7-19-16(13-6-8-21-17(13)18)15-12(3)9-11(2)10-14(15)20-4/h6,8-10,16,19H,5,7H2,1-4H3. The number of rotatable bonds is 6. The molecule has 2 aromatic rings. The highest BCUT2D eigenvalue weighted by Crippen LogP contribution is 2.37. The van der Waals surface area contributed by atoms with Crippen molar-refractivity contribution in [2.45, 2.75) is 33.2 Å². The minimum absolute atomic E-state index is 0.0497. The summed E-state index contributed by atoms with van der Waals surface area (Å²) >= 11 is 3.49. The third-order valence-electron chi connectivity index (χ3n) is 3.56. The van der Waals surface area contributed by atoms with E-state index >= 15 is 0 Å². The van der Waals surface area contributed by atoms with Gasteiger partial charge in [0.15, 0.2) is 4.67 Å². The molecule has 0 aliphatic carbocycles. The van der Waals surface area contributed by atoms with E-state index in [4.69, 9.17) is 9.15 Å². The molecule has 0 bridgehead atoms. The highest BCUT2D eigenvalue weighted by molar-refractivity contribution is 9.10. The topological polar surface area (TPSA) is 34.4 Å². The minimum Gasteiger partial charge on any atom is -0.496 e. The van der Waals surface area contributed by atoms with Crippen LogP contribution in [0.25, 0.3) is 0 Å². The monoisotopic (exact) mass is 351 g/mol. The van der Waals surface area contributed by atoms with Crippen LogP contribution in [0.1, 0.15) is 41.6 Å². The van der Waals surface area contributed by atoms with Crippen LogP contribution in [0.4, 0.5) is 0 Å². The lowest BCUT2D eigenvalue weighted by atomic mass is 9.94. The van der Waals surface area contributed by atoms with Crippen molar-refractivity contribution in [1.82, 2.24) is 5.32 Å². The molecule has 4 heteroatoms. The summed E-state index contributed by atoms with van der Waals surface area (Å²) in [6.45, 7) is 7.30. The number of methoxy groups -OCH3 is 1. The molecule has 0 saturated carbocycles. The number of furan rings is 1. The smallest absolute Gasteiger partial charge is 0.174 e. The fourth-order valence-electron chi connectivity index (χ4n) is 2.65. The summed E-state index contributed by atoms with van der Waals surface area (Å²) in [6, 6.07) is 6.31. The van der Waals surface area contributed by atoms with E-state index in [0.29, 0.717) is 0 Å². The summed E-state index contributed by atoms with van der Waals surface area (Å²) in [7, 11) is 1.72. The lowest BCUT2D eigenvalue weighted by Crippen LogP contribution is -2.24. The third-order valence-corrected chi connectivity index (χ3v) is 4.20. The van der Waals surface area contributed by atoms with E-state index in [-0.39, 0.29) is 6.04 Å². The zero-order valence-electron chi connectivity index (χ0n) is 13.0. The number of hydrogen-bond acceptors (Lipinski definition) is 3. The molecule has 1 unspecified atom stereocenters. The summed E-state index contributed by atoms with van der Waals surface area (Å²) in [5, 5.41) is 3.59. The van der Waals surface area contributed by atoms with E-state index in [0.717, 1.165) is 28.9 Å². The maximum atomic E-state index is 5.62. The first kappa shape index (κ1) is 16.1. The Morgan fingerprint density at radius 1 is 1.33 bits per heavy atom. The highest BCUT2D eigenvalue weighted by atomic mass is 79.9. The molecule has 0 radical (unpaired) electrons. The van der Waals surface area contributed by atoms with Crippen molar-refractivity contribution in [2.24, 2.45) is 0 Å². The number of hydrogen-bond donors (Lipinski definition) is 1. The number of aryl methyl sites for hydroxylation is 2. The molecule has 21 heavy (non-hydrogen) atoms. The van der Waals surface area contributed by atoms with Crippen LogP contribution >= 0.6 is 15.9 Å². The van der Waals surface area contributed by atoms with Crippen molar-refractivity contribution in [3.63, 3.8) is 0 Å². The Bertz CT molecular complexity index is 607. The number of ether oxygens (including phenoxy) is 1. The largest absolute Gasteiger partial charge is 0.496 e. The molecule has 2 rings (SSSR count). The van der Waals surface area contributed by atoms with Gasteiger partial charge in [0.2, 0.25) is 0 Å². The average molecular weight is 352 g/mol. The zero-order chi connectivity index (χ0) is 15.4. The van der Waals surface area contributed by atoms with Crippen LogP contribution in [0.2, 0.25) is 0 Å². The number of halogens is 1. The van der Waals surface area contributed by atoms with Gasteiger partial charge in [-0.3, -0.25) is 0 Å². The second-order valence-electron chi connectivity index (χ2n) is 5.23. The summed E-state index contributed by atoms with van der Waals surface area (Å²) < 4.78 is 11.8. The molecule has 1 aromatic heterocycles. The fourth-order valence-corrected chi connectivity index (χ4v) is 3.11. The number of nitrogens with one attached hydrogen (secondary N) is 1. The van der Waals surface area contributed by atoms with E-state index in [2.05, 4.69) is 54.2 Å². The van der Waals surface area contributed by atoms with Crippen LogP contribution in [0.5, 0.6) is 5.75 Å². The van der Waals surface area contributed by atoms with Gasteiger partial charge in [-0.15, -0.1) is 0 Å². The summed E-state index contributed by atoms with van der Waals surface area (Å²) in [6.07, 6.45) is 2.77. The first-order chi connectivity index (χ1) is 10.1. The summed E-state index contributed by atoms with van der Waals surface area (Å²) in [5.74, 6) is 0.911. The van der Waals surface area contributed by atoms with Gasteiger partial charge in [-0.25, -0.2) is 0 Å². The van der Waals surface area contributed by atoms with Gasteiger partial charge < -0.3 is 14.5 Å². The molecule has 3 nitrogen and oxygen atoms in total. The maximum absolute atomic E-state index is 5.62. The van der Waals surface area contributed by atoms with Gasteiger partial charge in [0.1, 0.15) is 5.75 Å². The Hall–Kier alpha value is -1.26.